The van der Waals surface area contributed by atoms with E-state index in [2.05, 4.69) is 20.6 Å². The van der Waals surface area contributed by atoms with Crippen LogP contribution in [0.3, 0.4) is 0 Å². The average molecular weight is 342 g/mol. The van der Waals surface area contributed by atoms with Gasteiger partial charge in [-0.1, -0.05) is 28.9 Å². The number of hydrogen-bond acceptors (Lipinski definition) is 4. The second-order valence-corrected chi connectivity index (χ2v) is 5.81. The molecule has 0 atom stereocenters. The molecule has 0 saturated carbocycles. The van der Waals surface area contributed by atoms with Crippen molar-refractivity contribution >= 4 is 17.5 Å². The first-order valence-electron chi connectivity index (χ1n) is 7.43. The highest BCUT2D eigenvalue weighted by molar-refractivity contribution is 6.30. The maximum atomic E-state index is 12.4. The van der Waals surface area contributed by atoms with Crippen LogP contribution in [0.15, 0.2) is 42.6 Å². The zero-order chi connectivity index (χ0) is 17.1. The van der Waals surface area contributed by atoms with E-state index in [1.807, 2.05) is 37.3 Å². The van der Waals surface area contributed by atoms with Crippen molar-refractivity contribution in [2.24, 2.45) is 0 Å². The highest BCUT2D eigenvalue weighted by Gasteiger charge is 2.18. The number of pyridine rings is 1. The Kier molecular flexibility index (Phi) is 4.57. The summed E-state index contributed by atoms with van der Waals surface area (Å²) in [7, 11) is 0. The number of carbonyl (C=O) groups is 1. The Morgan fingerprint density at radius 3 is 2.83 bits per heavy atom. The van der Waals surface area contributed by atoms with Gasteiger partial charge in [-0.15, -0.1) is 5.10 Å². The summed E-state index contributed by atoms with van der Waals surface area (Å²) in [5.74, 6) is -0.288. The lowest BCUT2D eigenvalue weighted by Gasteiger charge is -2.08. The summed E-state index contributed by atoms with van der Waals surface area (Å²) in [4.78, 5) is 16.5. The zero-order valence-electron chi connectivity index (χ0n) is 13.3. The van der Waals surface area contributed by atoms with E-state index < -0.39 is 0 Å². The third kappa shape index (κ3) is 3.28. The number of aromatic nitrogens is 4. The third-order valence-electron chi connectivity index (χ3n) is 3.67. The van der Waals surface area contributed by atoms with Crippen LogP contribution in [-0.2, 0) is 6.54 Å². The second kappa shape index (κ2) is 6.80. The number of benzene rings is 1. The van der Waals surface area contributed by atoms with Crippen molar-refractivity contribution < 1.29 is 4.79 Å². The predicted molar refractivity (Wildman–Crippen MR) is 91.3 cm³/mol. The van der Waals surface area contributed by atoms with Crippen LogP contribution in [0, 0.1) is 13.8 Å². The van der Waals surface area contributed by atoms with Crippen LogP contribution < -0.4 is 5.32 Å². The molecule has 0 saturated heterocycles. The summed E-state index contributed by atoms with van der Waals surface area (Å²) in [6, 6.07) is 11.1. The number of hydrogen-bond donors (Lipinski definition) is 1. The first kappa shape index (κ1) is 16.1. The van der Waals surface area contributed by atoms with Crippen LogP contribution in [0.2, 0.25) is 5.02 Å². The lowest BCUT2D eigenvalue weighted by Crippen LogP contribution is -2.24. The van der Waals surface area contributed by atoms with Crippen molar-refractivity contribution in [3.63, 3.8) is 0 Å². The second-order valence-electron chi connectivity index (χ2n) is 5.37. The Labute approximate surface area is 144 Å². The molecule has 1 amide bonds. The summed E-state index contributed by atoms with van der Waals surface area (Å²) in [6.45, 7) is 4.09. The van der Waals surface area contributed by atoms with E-state index >= 15 is 0 Å². The topological polar surface area (TPSA) is 72.7 Å². The van der Waals surface area contributed by atoms with Crippen molar-refractivity contribution in [3.05, 3.63) is 70.3 Å². The SMILES string of the molecule is Cc1ccc(Cl)cc1-n1nnc(C(=O)NCc2ccccn2)c1C. The minimum Gasteiger partial charge on any atom is -0.345 e. The molecule has 6 nitrogen and oxygen atoms in total. The van der Waals surface area contributed by atoms with Gasteiger partial charge in [-0.05, 0) is 43.7 Å². The lowest BCUT2D eigenvalue weighted by molar-refractivity contribution is 0.0944. The normalized spacial score (nSPS) is 10.6. The molecule has 0 fully saturated rings. The first-order chi connectivity index (χ1) is 11.6. The van der Waals surface area contributed by atoms with Gasteiger partial charge in [0.1, 0.15) is 0 Å². The molecule has 1 N–H and O–H groups in total. The highest BCUT2D eigenvalue weighted by Crippen LogP contribution is 2.20. The van der Waals surface area contributed by atoms with Gasteiger partial charge in [0.25, 0.3) is 5.91 Å². The standard InChI is InChI=1S/C17H16ClN5O/c1-11-6-7-13(18)9-15(11)23-12(2)16(21-22-23)17(24)20-10-14-5-3-4-8-19-14/h3-9H,10H2,1-2H3,(H,20,24). The molecule has 122 valence electrons. The van der Waals surface area contributed by atoms with Crippen LogP contribution >= 0.6 is 11.6 Å². The van der Waals surface area contributed by atoms with E-state index in [9.17, 15) is 4.79 Å². The fourth-order valence-electron chi connectivity index (χ4n) is 2.34. The minimum atomic E-state index is -0.288. The van der Waals surface area contributed by atoms with E-state index in [1.165, 1.54) is 0 Å². The van der Waals surface area contributed by atoms with Crippen molar-refractivity contribution in [1.29, 1.82) is 0 Å². The molecule has 24 heavy (non-hydrogen) atoms. The number of aryl methyl sites for hydroxylation is 1. The Hall–Kier alpha value is -2.73. The van der Waals surface area contributed by atoms with Gasteiger partial charge in [-0.3, -0.25) is 9.78 Å². The van der Waals surface area contributed by atoms with Gasteiger partial charge in [-0.2, -0.15) is 0 Å². The van der Waals surface area contributed by atoms with Crippen LogP contribution in [0.1, 0.15) is 27.4 Å². The molecule has 7 heteroatoms. The Morgan fingerprint density at radius 1 is 1.25 bits per heavy atom. The monoisotopic (exact) mass is 341 g/mol. The van der Waals surface area contributed by atoms with Gasteiger partial charge < -0.3 is 5.32 Å². The molecule has 0 aliphatic carbocycles. The smallest absolute Gasteiger partial charge is 0.274 e. The number of nitrogens with one attached hydrogen (secondary N) is 1. The summed E-state index contributed by atoms with van der Waals surface area (Å²) in [5.41, 5.74) is 3.51. The third-order valence-corrected chi connectivity index (χ3v) is 3.90. The van der Waals surface area contributed by atoms with E-state index in [0.29, 0.717) is 17.3 Å². The predicted octanol–water partition coefficient (Wildman–Crippen LogP) is 2.86. The Bertz CT molecular complexity index is 876. The molecule has 1 aromatic carbocycles. The summed E-state index contributed by atoms with van der Waals surface area (Å²) >= 11 is 6.06. The Balaban J connectivity index is 1.82. The number of amides is 1. The molecule has 0 unspecified atom stereocenters. The quantitative estimate of drug-likeness (QED) is 0.792. The molecule has 0 aliphatic heterocycles. The first-order valence-corrected chi connectivity index (χ1v) is 7.81. The molecule has 0 aliphatic rings. The van der Waals surface area contributed by atoms with Gasteiger partial charge in [0.2, 0.25) is 0 Å². The van der Waals surface area contributed by atoms with Gasteiger partial charge in [0.05, 0.1) is 23.6 Å². The molecule has 0 radical (unpaired) electrons. The van der Waals surface area contributed by atoms with E-state index in [0.717, 1.165) is 16.9 Å². The fourth-order valence-corrected chi connectivity index (χ4v) is 2.50. The van der Waals surface area contributed by atoms with Crippen LogP contribution in [0.4, 0.5) is 0 Å². The number of halogens is 1. The van der Waals surface area contributed by atoms with Crippen LogP contribution in [-0.4, -0.2) is 25.9 Å². The van der Waals surface area contributed by atoms with E-state index in [1.54, 1.807) is 23.9 Å². The molecule has 2 heterocycles. The maximum absolute atomic E-state index is 12.4. The molecule has 0 bridgehead atoms. The van der Waals surface area contributed by atoms with Gasteiger partial charge in [0, 0.05) is 11.2 Å². The molecule has 3 aromatic rings. The summed E-state index contributed by atoms with van der Waals surface area (Å²) < 4.78 is 1.62. The fraction of sp³-hybridized carbons (Fsp3) is 0.176. The van der Waals surface area contributed by atoms with Crippen molar-refractivity contribution in [2.75, 3.05) is 0 Å². The number of rotatable bonds is 4. The van der Waals surface area contributed by atoms with Crippen molar-refractivity contribution in [3.8, 4) is 5.69 Å². The van der Waals surface area contributed by atoms with Gasteiger partial charge in [0.15, 0.2) is 5.69 Å². The van der Waals surface area contributed by atoms with Gasteiger partial charge >= 0.3 is 0 Å². The van der Waals surface area contributed by atoms with E-state index in [4.69, 9.17) is 11.6 Å². The molecule has 3 rings (SSSR count). The molecular formula is C17H16ClN5O. The lowest BCUT2D eigenvalue weighted by atomic mass is 10.2. The van der Waals surface area contributed by atoms with Crippen molar-refractivity contribution in [1.82, 2.24) is 25.3 Å². The minimum absolute atomic E-state index is 0.283. The Morgan fingerprint density at radius 2 is 2.08 bits per heavy atom. The number of nitrogens with zero attached hydrogens (tertiary/aromatic N) is 4. The molecule has 2 aromatic heterocycles. The molecule has 0 spiro atoms. The van der Waals surface area contributed by atoms with Crippen LogP contribution in [0.25, 0.3) is 5.69 Å². The number of carbonyl (C=O) groups excluding carboxylic acids is 1. The maximum Gasteiger partial charge on any atom is 0.274 e. The highest BCUT2D eigenvalue weighted by atomic mass is 35.5. The zero-order valence-corrected chi connectivity index (χ0v) is 14.1. The summed E-state index contributed by atoms with van der Waals surface area (Å²) in [6.07, 6.45) is 1.69. The average Bonchev–Trinajstić information content (AvgIpc) is 2.97. The van der Waals surface area contributed by atoms with Crippen LogP contribution in [0.5, 0.6) is 0 Å². The van der Waals surface area contributed by atoms with Gasteiger partial charge in [-0.25, -0.2) is 4.68 Å². The van der Waals surface area contributed by atoms with Crippen molar-refractivity contribution in [2.45, 2.75) is 20.4 Å². The van der Waals surface area contributed by atoms with E-state index in [-0.39, 0.29) is 11.6 Å². The largest absolute Gasteiger partial charge is 0.345 e. The molecular weight excluding hydrogens is 326 g/mol. The summed E-state index contributed by atoms with van der Waals surface area (Å²) in [5, 5.41) is 11.5.